The van der Waals surface area contributed by atoms with E-state index in [2.05, 4.69) is 5.32 Å². The van der Waals surface area contributed by atoms with Crippen LogP contribution in [-0.4, -0.2) is 40.0 Å². The average Bonchev–Trinajstić information content (AvgIpc) is 2.57. The summed E-state index contributed by atoms with van der Waals surface area (Å²) in [6.07, 6.45) is 0. The van der Waals surface area contributed by atoms with Gasteiger partial charge in [-0.05, 0) is 23.8 Å². The zero-order valence-corrected chi connectivity index (χ0v) is 15.6. The summed E-state index contributed by atoms with van der Waals surface area (Å²) in [4.78, 5) is 0.265. The highest BCUT2D eigenvalue weighted by Gasteiger charge is 2.20. The van der Waals surface area contributed by atoms with Crippen LogP contribution in [0.1, 0.15) is 5.56 Å². The van der Waals surface area contributed by atoms with Crippen molar-refractivity contribution in [2.45, 2.75) is 11.4 Å². The Hall–Kier alpha value is -1.67. The van der Waals surface area contributed by atoms with E-state index in [1.54, 1.807) is 24.3 Å². The van der Waals surface area contributed by atoms with Crippen LogP contribution in [0.2, 0.25) is 5.02 Å². The average molecular weight is 387 g/mol. The number of halogens is 2. The van der Waals surface area contributed by atoms with Gasteiger partial charge in [0.25, 0.3) is 0 Å². The maximum Gasteiger partial charge on any atom is 0.242 e. The summed E-state index contributed by atoms with van der Waals surface area (Å²) in [6, 6.07) is 10.7. The van der Waals surface area contributed by atoms with Crippen molar-refractivity contribution in [3.05, 3.63) is 58.9 Å². The molecule has 0 bridgehead atoms. The monoisotopic (exact) mass is 386 g/mol. The Morgan fingerprint density at radius 3 is 2.64 bits per heavy atom. The second-order valence-electron chi connectivity index (χ2n) is 5.50. The van der Waals surface area contributed by atoms with Crippen LogP contribution in [0.4, 0.5) is 4.39 Å². The molecule has 0 amide bonds. The molecule has 0 atom stereocenters. The van der Waals surface area contributed by atoms with Gasteiger partial charge in [-0.15, -0.1) is 0 Å². The van der Waals surface area contributed by atoms with Crippen LogP contribution in [-0.2, 0) is 16.6 Å². The molecule has 0 radical (unpaired) electrons. The summed E-state index contributed by atoms with van der Waals surface area (Å²) in [7, 11) is -0.508. The van der Waals surface area contributed by atoms with Crippen molar-refractivity contribution in [3.63, 3.8) is 0 Å². The largest absolute Gasteiger partial charge is 0.491 e. The first kappa shape index (κ1) is 19.7. The van der Waals surface area contributed by atoms with E-state index < -0.39 is 15.8 Å². The number of ether oxygens (including phenoxy) is 1. The van der Waals surface area contributed by atoms with E-state index in [1.807, 2.05) is 0 Å². The van der Waals surface area contributed by atoms with Crippen LogP contribution < -0.4 is 10.1 Å². The quantitative estimate of drug-likeness (QED) is 0.709. The number of nitrogens with one attached hydrogen (secondary N) is 1. The van der Waals surface area contributed by atoms with Crippen LogP contribution >= 0.6 is 11.6 Å². The molecule has 0 aromatic heterocycles. The van der Waals surface area contributed by atoms with E-state index in [0.29, 0.717) is 23.7 Å². The van der Waals surface area contributed by atoms with Gasteiger partial charge < -0.3 is 10.1 Å². The number of benzene rings is 2. The standard InChI is InChI=1S/C17H20ClFN2O3S/c1-21(2)25(22,23)17-6-4-3-5-13(17)12-20-9-10-24-16-11-14(19)7-8-15(16)18/h3-8,11,20H,9-10,12H2,1-2H3. The van der Waals surface area contributed by atoms with Gasteiger partial charge in [0.05, 0.1) is 9.92 Å². The first-order valence-corrected chi connectivity index (χ1v) is 9.43. The minimum atomic E-state index is -3.50. The molecule has 0 saturated carbocycles. The molecule has 0 fully saturated rings. The van der Waals surface area contributed by atoms with Gasteiger partial charge in [0.2, 0.25) is 10.0 Å². The van der Waals surface area contributed by atoms with Crippen LogP contribution in [0.15, 0.2) is 47.4 Å². The summed E-state index contributed by atoms with van der Waals surface area (Å²) in [5.41, 5.74) is 0.667. The van der Waals surface area contributed by atoms with E-state index in [4.69, 9.17) is 16.3 Å². The molecule has 136 valence electrons. The van der Waals surface area contributed by atoms with Crippen LogP contribution in [0, 0.1) is 5.82 Å². The predicted molar refractivity (Wildman–Crippen MR) is 95.9 cm³/mol. The van der Waals surface area contributed by atoms with E-state index in [9.17, 15) is 12.8 Å². The van der Waals surface area contributed by atoms with E-state index in [0.717, 1.165) is 0 Å². The minimum absolute atomic E-state index is 0.265. The van der Waals surface area contributed by atoms with Gasteiger partial charge in [0.15, 0.2) is 0 Å². The maximum atomic E-state index is 13.2. The van der Waals surface area contributed by atoms with E-state index in [-0.39, 0.29) is 17.3 Å². The first-order valence-electron chi connectivity index (χ1n) is 7.61. The summed E-state index contributed by atoms with van der Waals surface area (Å²) in [5.74, 6) is -0.144. The molecule has 5 nitrogen and oxygen atoms in total. The Morgan fingerprint density at radius 2 is 1.92 bits per heavy atom. The SMILES string of the molecule is CN(C)S(=O)(=O)c1ccccc1CNCCOc1cc(F)ccc1Cl. The Morgan fingerprint density at radius 1 is 1.20 bits per heavy atom. The molecular formula is C17H20ClFN2O3S. The summed E-state index contributed by atoms with van der Waals surface area (Å²) in [5, 5.41) is 3.45. The molecule has 1 N–H and O–H groups in total. The highest BCUT2D eigenvalue weighted by Crippen LogP contribution is 2.24. The van der Waals surface area contributed by atoms with Gasteiger partial charge in [-0.25, -0.2) is 17.1 Å². The lowest BCUT2D eigenvalue weighted by Crippen LogP contribution is -2.26. The molecule has 8 heteroatoms. The molecule has 2 rings (SSSR count). The lowest BCUT2D eigenvalue weighted by atomic mass is 10.2. The number of hydrogen-bond donors (Lipinski definition) is 1. The van der Waals surface area contributed by atoms with E-state index >= 15 is 0 Å². The third-order valence-electron chi connectivity index (χ3n) is 3.48. The third-order valence-corrected chi connectivity index (χ3v) is 5.70. The second-order valence-corrected chi connectivity index (χ2v) is 8.02. The summed E-state index contributed by atoms with van der Waals surface area (Å²) < 4.78 is 44.4. The van der Waals surface area contributed by atoms with Crippen molar-refractivity contribution in [3.8, 4) is 5.75 Å². The summed E-state index contributed by atoms with van der Waals surface area (Å²) >= 11 is 5.92. The Bertz CT molecular complexity index is 828. The maximum absolute atomic E-state index is 13.2. The van der Waals surface area contributed by atoms with Gasteiger partial charge in [0, 0.05) is 33.3 Å². The molecular weight excluding hydrogens is 367 g/mol. The highest BCUT2D eigenvalue weighted by atomic mass is 35.5. The molecule has 25 heavy (non-hydrogen) atoms. The fraction of sp³-hybridized carbons (Fsp3) is 0.294. The zero-order chi connectivity index (χ0) is 18.4. The van der Waals surface area contributed by atoms with Crippen molar-refractivity contribution in [2.75, 3.05) is 27.2 Å². The fourth-order valence-corrected chi connectivity index (χ4v) is 3.43. The molecule has 0 spiro atoms. The molecule has 2 aromatic carbocycles. The highest BCUT2D eigenvalue weighted by molar-refractivity contribution is 7.89. The zero-order valence-electron chi connectivity index (χ0n) is 14.0. The molecule has 0 unspecified atom stereocenters. The number of hydrogen-bond acceptors (Lipinski definition) is 4. The van der Waals surface area contributed by atoms with E-state index in [1.165, 1.54) is 36.6 Å². The fourth-order valence-electron chi connectivity index (χ4n) is 2.14. The van der Waals surface area contributed by atoms with Crippen molar-refractivity contribution in [1.29, 1.82) is 0 Å². The number of sulfonamides is 1. The molecule has 0 saturated heterocycles. The third kappa shape index (κ3) is 5.15. The molecule has 2 aromatic rings. The topological polar surface area (TPSA) is 58.6 Å². The normalized spacial score (nSPS) is 11.7. The second kappa shape index (κ2) is 8.62. The number of nitrogens with zero attached hydrogens (tertiary/aromatic N) is 1. The van der Waals surface area contributed by atoms with Crippen LogP contribution in [0.5, 0.6) is 5.75 Å². The lowest BCUT2D eigenvalue weighted by molar-refractivity contribution is 0.312. The molecule has 0 heterocycles. The molecule has 0 aliphatic carbocycles. The molecule has 0 aliphatic heterocycles. The van der Waals surface area contributed by atoms with Crippen molar-refractivity contribution >= 4 is 21.6 Å². The smallest absolute Gasteiger partial charge is 0.242 e. The van der Waals surface area contributed by atoms with Crippen molar-refractivity contribution in [2.24, 2.45) is 0 Å². The Kier molecular flexibility index (Phi) is 6.78. The van der Waals surface area contributed by atoms with Gasteiger partial charge in [0.1, 0.15) is 18.2 Å². The van der Waals surface area contributed by atoms with Gasteiger partial charge in [-0.3, -0.25) is 0 Å². The Labute approximate surface area is 152 Å². The Balaban J connectivity index is 1.92. The molecule has 0 aliphatic rings. The van der Waals surface area contributed by atoms with Gasteiger partial charge in [-0.1, -0.05) is 29.8 Å². The van der Waals surface area contributed by atoms with Crippen LogP contribution in [0.25, 0.3) is 0 Å². The van der Waals surface area contributed by atoms with Gasteiger partial charge in [-0.2, -0.15) is 0 Å². The van der Waals surface area contributed by atoms with Gasteiger partial charge >= 0.3 is 0 Å². The number of rotatable bonds is 8. The lowest BCUT2D eigenvalue weighted by Gasteiger charge is -2.15. The van der Waals surface area contributed by atoms with Crippen molar-refractivity contribution < 1.29 is 17.5 Å². The van der Waals surface area contributed by atoms with Crippen LogP contribution in [0.3, 0.4) is 0 Å². The predicted octanol–water partition coefficient (Wildman–Crippen LogP) is 2.90. The summed E-state index contributed by atoms with van der Waals surface area (Å²) in [6.45, 7) is 1.08. The first-order chi connectivity index (χ1) is 11.8. The minimum Gasteiger partial charge on any atom is -0.491 e. The van der Waals surface area contributed by atoms with Crippen molar-refractivity contribution in [1.82, 2.24) is 9.62 Å².